The highest BCUT2D eigenvalue weighted by atomic mass is 19.1. The molecule has 2 aromatic carbocycles. The molecule has 2 unspecified atom stereocenters. The van der Waals surface area contributed by atoms with Crippen LogP contribution in [0.1, 0.15) is 57.5 Å². The molecule has 3 aliphatic rings. The summed E-state index contributed by atoms with van der Waals surface area (Å²) in [5.41, 5.74) is 2.18. The van der Waals surface area contributed by atoms with E-state index in [9.17, 15) is 19.2 Å². The van der Waals surface area contributed by atoms with Crippen LogP contribution in [0.5, 0.6) is 5.75 Å². The lowest BCUT2D eigenvalue weighted by atomic mass is 10.00. The van der Waals surface area contributed by atoms with Crippen LogP contribution in [0, 0.1) is 5.82 Å². The molecule has 0 saturated carbocycles. The highest BCUT2D eigenvalue weighted by Crippen LogP contribution is 2.36. The van der Waals surface area contributed by atoms with Gasteiger partial charge in [-0.15, -0.1) is 0 Å². The molecule has 1 fully saturated rings. The molecule has 2 N–H and O–H groups in total. The van der Waals surface area contributed by atoms with Crippen molar-refractivity contribution < 1.29 is 28.3 Å². The summed E-state index contributed by atoms with van der Waals surface area (Å²) in [6.07, 6.45) is 3.08. The number of fused-ring (bicyclic) bond motifs is 2. The zero-order chi connectivity index (χ0) is 24.0. The molecule has 2 atom stereocenters. The quantitative estimate of drug-likeness (QED) is 0.531. The Labute approximate surface area is 195 Å². The van der Waals surface area contributed by atoms with Crippen LogP contribution in [0.4, 0.5) is 10.1 Å². The van der Waals surface area contributed by atoms with E-state index >= 15 is 4.39 Å². The van der Waals surface area contributed by atoms with Crippen LogP contribution in [0.25, 0.3) is 0 Å². The predicted molar refractivity (Wildman–Crippen MR) is 120 cm³/mol. The number of imide groups is 2. The molecule has 1 saturated heterocycles. The summed E-state index contributed by atoms with van der Waals surface area (Å²) in [6.45, 7) is 0. The summed E-state index contributed by atoms with van der Waals surface area (Å²) in [6, 6.07) is 7.03. The molecule has 0 aromatic heterocycles. The molecule has 0 radical (unpaired) electrons. The SMILES string of the molecule is COc1cccc2c1CCCC(Nc1c(F)ccc3c1C(=O)N(C1CCC(=O)NC1=O)C3=O)C2. The average Bonchev–Trinajstić information content (AvgIpc) is 2.95. The van der Waals surface area contributed by atoms with Gasteiger partial charge in [0.1, 0.15) is 17.6 Å². The second-order valence-corrected chi connectivity index (χ2v) is 8.83. The zero-order valence-corrected chi connectivity index (χ0v) is 18.7. The van der Waals surface area contributed by atoms with Gasteiger partial charge >= 0.3 is 0 Å². The minimum Gasteiger partial charge on any atom is -0.496 e. The number of methoxy groups -OCH3 is 1. The van der Waals surface area contributed by atoms with Crippen molar-refractivity contribution in [1.82, 2.24) is 10.2 Å². The minimum absolute atomic E-state index is 0.0220. The Morgan fingerprint density at radius 2 is 1.88 bits per heavy atom. The van der Waals surface area contributed by atoms with Crippen LogP contribution < -0.4 is 15.4 Å². The molecule has 2 aliphatic heterocycles. The maximum atomic E-state index is 15.0. The topological polar surface area (TPSA) is 105 Å². The fourth-order valence-electron chi connectivity index (χ4n) is 5.17. The largest absolute Gasteiger partial charge is 0.496 e. The van der Waals surface area contributed by atoms with Crippen LogP contribution in [-0.2, 0) is 22.4 Å². The Hall–Kier alpha value is -3.75. The molecule has 5 rings (SSSR count). The number of nitrogens with zero attached hydrogens (tertiary/aromatic N) is 1. The van der Waals surface area contributed by atoms with Crippen LogP contribution >= 0.6 is 0 Å². The fraction of sp³-hybridized carbons (Fsp3) is 0.360. The van der Waals surface area contributed by atoms with Crippen molar-refractivity contribution in [3.63, 3.8) is 0 Å². The molecular weight excluding hydrogens is 441 g/mol. The van der Waals surface area contributed by atoms with Gasteiger partial charge in [-0.05, 0) is 61.4 Å². The highest BCUT2D eigenvalue weighted by Gasteiger charge is 2.46. The number of halogens is 1. The van der Waals surface area contributed by atoms with E-state index in [2.05, 4.69) is 10.6 Å². The first-order valence-corrected chi connectivity index (χ1v) is 11.3. The number of rotatable bonds is 4. The minimum atomic E-state index is -1.10. The fourth-order valence-corrected chi connectivity index (χ4v) is 5.17. The number of anilines is 1. The molecule has 176 valence electrons. The Kier molecular flexibility index (Phi) is 5.55. The number of carbonyl (C=O) groups is 4. The molecular formula is C25H24FN3O5. The molecule has 34 heavy (non-hydrogen) atoms. The Morgan fingerprint density at radius 3 is 2.65 bits per heavy atom. The third kappa shape index (κ3) is 3.61. The van der Waals surface area contributed by atoms with Crippen LogP contribution in [0.2, 0.25) is 0 Å². The Morgan fingerprint density at radius 1 is 1.06 bits per heavy atom. The average molecular weight is 465 g/mol. The van der Waals surface area contributed by atoms with E-state index in [4.69, 9.17) is 4.74 Å². The number of benzene rings is 2. The number of ether oxygens (including phenoxy) is 1. The molecule has 0 spiro atoms. The first-order valence-electron chi connectivity index (χ1n) is 11.3. The lowest BCUT2D eigenvalue weighted by molar-refractivity contribution is -0.136. The van der Waals surface area contributed by atoms with Gasteiger partial charge in [0, 0.05) is 12.5 Å². The molecule has 4 amide bonds. The molecule has 2 aromatic rings. The van der Waals surface area contributed by atoms with Crippen LogP contribution in [0.3, 0.4) is 0 Å². The van der Waals surface area contributed by atoms with Gasteiger partial charge in [0.15, 0.2) is 0 Å². The van der Waals surface area contributed by atoms with Gasteiger partial charge in [-0.3, -0.25) is 29.4 Å². The summed E-state index contributed by atoms with van der Waals surface area (Å²) < 4.78 is 20.5. The van der Waals surface area contributed by atoms with Gasteiger partial charge in [-0.25, -0.2) is 4.39 Å². The molecule has 8 nitrogen and oxygen atoms in total. The summed E-state index contributed by atoms with van der Waals surface area (Å²) in [5, 5.41) is 5.36. The Balaban J connectivity index is 1.45. The van der Waals surface area contributed by atoms with Crippen LogP contribution in [-0.4, -0.2) is 47.7 Å². The van der Waals surface area contributed by atoms with Crippen molar-refractivity contribution in [2.24, 2.45) is 0 Å². The maximum Gasteiger partial charge on any atom is 0.264 e. The van der Waals surface area contributed by atoms with E-state index in [0.717, 1.165) is 47.1 Å². The maximum absolute atomic E-state index is 15.0. The van der Waals surface area contributed by atoms with Crippen LogP contribution in [0.15, 0.2) is 30.3 Å². The number of nitrogens with one attached hydrogen (secondary N) is 2. The third-order valence-corrected chi connectivity index (χ3v) is 6.80. The summed E-state index contributed by atoms with van der Waals surface area (Å²) >= 11 is 0. The van der Waals surface area contributed by atoms with Gasteiger partial charge < -0.3 is 10.1 Å². The van der Waals surface area contributed by atoms with E-state index in [-0.39, 0.29) is 35.7 Å². The standard InChI is InChI=1S/C25H24FN3O5/c1-34-19-7-2-4-13-12-14(5-3-6-15(13)19)27-22-17(26)9-8-16-21(22)25(33)29(24(16)32)18-10-11-20(30)28-23(18)31/h2,4,7-9,14,18,27H,3,5-6,10-12H2,1H3,(H,28,30,31). The van der Waals surface area contributed by atoms with Crippen molar-refractivity contribution in [2.45, 2.75) is 50.6 Å². The Bertz CT molecular complexity index is 1230. The van der Waals surface area contributed by atoms with E-state index in [1.54, 1.807) is 7.11 Å². The van der Waals surface area contributed by atoms with E-state index in [1.807, 2.05) is 18.2 Å². The first kappa shape index (κ1) is 22.1. The molecule has 2 heterocycles. The van der Waals surface area contributed by atoms with Crippen molar-refractivity contribution in [3.05, 3.63) is 58.4 Å². The summed E-state index contributed by atoms with van der Waals surface area (Å²) in [7, 11) is 1.63. The monoisotopic (exact) mass is 465 g/mol. The zero-order valence-electron chi connectivity index (χ0n) is 18.7. The highest BCUT2D eigenvalue weighted by molar-refractivity contribution is 6.25. The van der Waals surface area contributed by atoms with Crippen molar-refractivity contribution in [2.75, 3.05) is 12.4 Å². The van der Waals surface area contributed by atoms with Gasteiger partial charge in [0.2, 0.25) is 11.8 Å². The molecule has 1 aliphatic carbocycles. The van der Waals surface area contributed by atoms with Gasteiger partial charge in [-0.2, -0.15) is 0 Å². The summed E-state index contributed by atoms with van der Waals surface area (Å²) in [4.78, 5) is 51.1. The van der Waals surface area contributed by atoms with Gasteiger partial charge in [0.25, 0.3) is 11.8 Å². The third-order valence-electron chi connectivity index (χ3n) is 6.80. The van der Waals surface area contributed by atoms with Crippen molar-refractivity contribution in [1.29, 1.82) is 0 Å². The van der Waals surface area contributed by atoms with E-state index in [1.165, 1.54) is 6.07 Å². The lowest BCUT2D eigenvalue weighted by Gasteiger charge is -2.28. The van der Waals surface area contributed by atoms with E-state index < -0.39 is 35.5 Å². The number of carbonyl (C=O) groups excluding carboxylic acids is 4. The first-order chi connectivity index (χ1) is 16.4. The van der Waals surface area contributed by atoms with Gasteiger partial charge in [0.05, 0.1) is 23.9 Å². The molecule has 9 heteroatoms. The number of piperidine rings is 1. The normalized spacial score (nSPS) is 22.1. The van der Waals surface area contributed by atoms with Crippen molar-refractivity contribution >= 4 is 29.3 Å². The second kappa shape index (κ2) is 8.55. The smallest absolute Gasteiger partial charge is 0.264 e. The number of hydrogen-bond donors (Lipinski definition) is 2. The second-order valence-electron chi connectivity index (χ2n) is 8.83. The van der Waals surface area contributed by atoms with Crippen molar-refractivity contribution in [3.8, 4) is 5.75 Å². The van der Waals surface area contributed by atoms with Gasteiger partial charge in [-0.1, -0.05) is 12.1 Å². The molecule has 0 bridgehead atoms. The summed E-state index contributed by atoms with van der Waals surface area (Å²) in [5.74, 6) is -2.35. The predicted octanol–water partition coefficient (Wildman–Crippen LogP) is 2.59. The number of hydrogen-bond acceptors (Lipinski definition) is 6. The van der Waals surface area contributed by atoms with E-state index in [0.29, 0.717) is 6.42 Å². The lowest BCUT2D eigenvalue weighted by Crippen LogP contribution is -2.54. The number of amides is 4.